The van der Waals surface area contributed by atoms with Crippen molar-refractivity contribution in [1.29, 1.82) is 0 Å². The number of esters is 2. The largest absolute Gasteiger partial charge is 0.457 e. The molecule has 0 spiro atoms. The average molecular weight is 327 g/mol. The maximum absolute atomic E-state index is 12.2. The number of anilines is 1. The molecule has 0 saturated carbocycles. The molecule has 0 aliphatic rings. The van der Waals surface area contributed by atoms with Crippen LogP contribution in [0.3, 0.4) is 0 Å². The summed E-state index contributed by atoms with van der Waals surface area (Å²) >= 11 is 0. The van der Waals surface area contributed by atoms with Crippen LogP contribution in [0.2, 0.25) is 0 Å². The van der Waals surface area contributed by atoms with Gasteiger partial charge in [-0.3, -0.25) is 0 Å². The van der Waals surface area contributed by atoms with Gasteiger partial charge in [0.15, 0.2) is 0 Å². The Labute approximate surface area is 141 Å². The summed E-state index contributed by atoms with van der Waals surface area (Å²) in [6, 6.07) is 13.7. The molecular formula is C19H21NO4. The third-order valence-electron chi connectivity index (χ3n) is 3.04. The number of hydrogen-bond acceptors (Lipinski definition) is 5. The Kier molecular flexibility index (Phi) is 5.24. The summed E-state index contributed by atoms with van der Waals surface area (Å²) in [5.41, 5.74) is 6.77. The van der Waals surface area contributed by atoms with E-state index in [1.807, 2.05) is 30.3 Å². The highest BCUT2D eigenvalue weighted by Crippen LogP contribution is 2.18. The van der Waals surface area contributed by atoms with Crippen molar-refractivity contribution in [3.8, 4) is 0 Å². The van der Waals surface area contributed by atoms with Crippen LogP contribution < -0.4 is 5.73 Å². The van der Waals surface area contributed by atoms with Crippen LogP contribution >= 0.6 is 0 Å². The van der Waals surface area contributed by atoms with E-state index in [9.17, 15) is 9.59 Å². The zero-order valence-electron chi connectivity index (χ0n) is 14.0. The molecule has 0 saturated heterocycles. The van der Waals surface area contributed by atoms with Crippen LogP contribution in [0.25, 0.3) is 0 Å². The van der Waals surface area contributed by atoms with E-state index in [4.69, 9.17) is 15.2 Å². The van der Waals surface area contributed by atoms with Gasteiger partial charge < -0.3 is 15.2 Å². The number of carbonyl (C=O) groups excluding carboxylic acids is 2. The highest BCUT2D eigenvalue weighted by atomic mass is 16.6. The Morgan fingerprint density at radius 2 is 1.54 bits per heavy atom. The second kappa shape index (κ2) is 7.17. The highest BCUT2D eigenvalue weighted by Gasteiger charge is 2.20. The van der Waals surface area contributed by atoms with E-state index >= 15 is 0 Å². The van der Waals surface area contributed by atoms with Gasteiger partial charge in [0.05, 0.1) is 11.1 Å². The van der Waals surface area contributed by atoms with Crippen LogP contribution in [-0.4, -0.2) is 17.5 Å². The van der Waals surface area contributed by atoms with Gasteiger partial charge >= 0.3 is 11.9 Å². The molecule has 2 N–H and O–H groups in total. The van der Waals surface area contributed by atoms with Gasteiger partial charge in [0.25, 0.3) is 0 Å². The smallest absolute Gasteiger partial charge is 0.338 e. The molecule has 0 atom stereocenters. The quantitative estimate of drug-likeness (QED) is 0.686. The Bertz CT molecular complexity index is 733. The van der Waals surface area contributed by atoms with Crippen LogP contribution in [-0.2, 0) is 16.1 Å². The summed E-state index contributed by atoms with van der Waals surface area (Å²) in [4.78, 5) is 24.3. The second-order valence-electron chi connectivity index (χ2n) is 6.41. The van der Waals surface area contributed by atoms with Crippen molar-refractivity contribution < 1.29 is 19.1 Å². The van der Waals surface area contributed by atoms with Crippen molar-refractivity contribution in [2.75, 3.05) is 5.73 Å². The number of rotatable bonds is 4. The van der Waals surface area contributed by atoms with E-state index in [1.165, 1.54) is 18.2 Å². The molecule has 126 valence electrons. The fraction of sp³-hybridized carbons (Fsp3) is 0.263. The minimum absolute atomic E-state index is 0.149. The lowest BCUT2D eigenvalue weighted by molar-refractivity contribution is 0.00695. The Hall–Kier alpha value is -2.82. The molecule has 0 fully saturated rings. The number of nitrogen functional groups attached to an aromatic ring is 1. The van der Waals surface area contributed by atoms with E-state index in [-0.39, 0.29) is 17.7 Å². The minimum atomic E-state index is -0.629. The summed E-state index contributed by atoms with van der Waals surface area (Å²) in [5, 5.41) is 0. The number of ether oxygens (including phenoxy) is 2. The molecule has 2 rings (SSSR count). The molecule has 24 heavy (non-hydrogen) atoms. The average Bonchev–Trinajstić information content (AvgIpc) is 2.51. The lowest BCUT2D eigenvalue weighted by Crippen LogP contribution is -2.24. The van der Waals surface area contributed by atoms with Crippen LogP contribution in [0.5, 0.6) is 0 Å². The molecular weight excluding hydrogens is 306 g/mol. The third-order valence-corrected chi connectivity index (χ3v) is 3.04. The third kappa shape index (κ3) is 5.12. The molecule has 5 heteroatoms. The Morgan fingerprint density at radius 3 is 2.12 bits per heavy atom. The minimum Gasteiger partial charge on any atom is -0.457 e. The van der Waals surface area contributed by atoms with Gasteiger partial charge in [-0.05, 0) is 44.5 Å². The van der Waals surface area contributed by atoms with E-state index in [0.29, 0.717) is 5.69 Å². The predicted octanol–water partition coefficient (Wildman–Crippen LogP) is 3.58. The molecule has 5 nitrogen and oxygen atoms in total. The van der Waals surface area contributed by atoms with Gasteiger partial charge in [-0.15, -0.1) is 0 Å². The molecule has 0 aliphatic carbocycles. The number of nitrogens with two attached hydrogens (primary N) is 1. The molecule has 0 unspecified atom stereocenters. The first-order valence-corrected chi connectivity index (χ1v) is 7.59. The van der Waals surface area contributed by atoms with Gasteiger partial charge in [-0.25, -0.2) is 9.59 Å². The number of benzene rings is 2. The molecule has 2 aromatic carbocycles. The summed E-state index contributed by atoms with van der Waals surface area (Å²) < 4.78 is 10.6. The molecule has 0 aromatic heterocycles. The van der Waals surface area contributed by atoms with Crippen molar-refractivity contribution in [3.63, 3.8) is 0 Å². The predicted molar refractivity (Wildman–Crippen MR) is 91.6 cm³/mol. The maximum Gasteiger partial charge on any atom is 0.338 e. The van der Waals surface area contributed by atoms with Crippen LogP contribution in [0, 0.1) is 0 Å². The van der Waals surface area contributed by atoms with Crippen LogP contribution in [0.1, 0.15) is 47.1 Å². The topological polar surface area (TPSA) is 78.6 Å². The van der Waals surface area contributed by atoms with Gasteiger partial charge in [-0.1, -0.05) is 30.3 Å². The Balaban J connectivity index is 2.12. The van der Waals surface area contributed by atoms with Crippen LogP contribution in [0.4, 0.5) is 5.69 Å². The highest BCUT2D eigenvalue weighted by molar-refractivity contribution is 5.97. The summed E-state index contributed by atoms with van der Waals surface area (Å²) in [6.45, 7) is 5.46. The van der Waals surface area contributed by atoms with Gasteiger partial charge in [-0.2, -0.15) is 0 Å². The van der Waals surface area contributed by atoms with Gasteiger partial charge in [0.2, 0.25) is 0 Å². The fourth-order valence-electron chi connectivity index (χ4n) is 2.03. The van der Waals surface area contributed by atoms with Crippen molar-refractivity contribution in [2.24, 2.45) is 0 Å². The fourth-order valence-corrected chi connectivity index (χ4v) is 2.03. The molecule has 2 aromatic rings. The van der Waals surface area contributed by atoms with Crippen molar-refractivity contribution in [3.05, 3.63) is 65.2 Å². The standard InChI is InChI=1S/C19H21NO4/c1-19(2,3)24-18(22)15-9-14(10-16(20)11-15)17(21)23-12-13-7-5-4-6-8-13/h4-11H,12,20H2,1-3H3. The van der Waals surface area contributed by atoms with E-state index in [0.717, 1.165) is 5.56 Å². The normalized spacial score (nSPS) is 11.0. The van der Waals surface area contributed by atoms with Gasteiger partial charge in [0, 0.05) is 5.69 Å². The molecule has 0 bridgehead atoms. The monoisotopic (exact) mass is 327 g/mol. The number of hydrogen-bond donors (Lipinski definition) is 1. The summed E-state index contributed by atoms with van der Waals surface area (Å²) in [6.07, 6.45) is 0. The Morgan fingerprint density at radius 1 is 0.958 bits per heavy atom. The van der Waals surface area contributed by atoms with Gasteiger partial charge in [0.1, 0.15) is 12.2 Å². The molecule has 0 radical (unpaired) electrons. The van der Waals surface area contributed by atoms with Crippen molar-refractivity contribution >= 4 is 17.6 Å². The van der Waals surface area contributed by atoms with E-state index < -0.39 is 17.5 Å². The number of carbonyl (C=O) groups is 2. The molecule has 0 heterocycles. The maximum atomic E-state index is 12.2. The zero-order chi connectivity index (χ0) is 17.7. The summed E-state index contributed by atoms with van der Waals surface area (Å²) in [7, 11) is 0. The van der Waals surface area contributed by atoms with Crippen molar-refractivity contribution in [2.45, 2.75) is 33.0 Å². The molecule has 0 amide bonds. The first-order chi connectivity index (χ1) is 11.2. The zero-order valence-corrected chi connectivity index (χ0v) is 14.0. The first kappa shape index (κ1) is 17.5. The SMILES string of the molecule is CC(C)(C)OC(=O)c1cc(N)cc(C(=O)OCc2ccccc2)c1. The van der Waals surface area contributed by atoms with Crippen LogP contribution in [0.15, 0.2) is 48.5 Å². The lowest BCUT2D eigenvalue weighted by atomic mass is 10.1. The molecule has 0 aliphatic heterocycles. The van der Waals surface area contributed by atoms with E-state index in [2.05, 4.69) is 0 Å². The van der Waals surface area contributed by atoms with Crippen molar-refractivity contribution in [1.82, 2.24) is 0 Å². The second-order valence-corrected chi connectivity index (χ2v) is 6.41. The lowest BCUT2D eigenvalue weighted by Gasteiger charge is -2.19. The van der Waals surface area contributed by atoms with E-state index in [1.54, 1.807) is 20.8 Å². The first-order valence-electron chi connectivity index (χ1n) is 7.59. The summed E-state index contributed by atoms with van der Waals surface area (Å²) in [5.74, 6) is -1.08.